The van der Waals surface area contributed by atoms with E-state index in [-0.39, 0.29) is 5.78 Å². The van der Waals surface area contributed by atoms with Gasteiger partial charge in [0.2, 0.25) is 0 Å². The number of halogens is 1. The van der Waals surface area contributed by atoms with Crippen molar-refractivity contribution in [3.63, 3.8) is 0 Å². The lowest BCUT2D eigenvalue weighted by Crippen LogP contribution is -2.37. The molecule has 3 nitrogen and oxygen atoms in total. The summed E-state index contributed by atoms with van der Waals surface area (Å²) in [6.45, 7) is 1.65. The third-order valence-corrected chi connectivity index (χ3v) is 4.61. The maximum absolute atomic E-state index is 12.5. The second-order valence-electron chi connectivity index (χ2n) is 6.17. The molecule has 0 bridgehead atoms. The van der Waals surface area contributed by atoms with Crippen molar-refractivity contribution in [2.75, 3.05) is 0 Å². The normalized spacial score (nSPS) is 15.5. The van der Waals surface area contributed by atoms with Crippen molar-refractivity contribution in [3.05, 3.63) is 95.6 Å². The molecule has 1 aliphatic heterocycles. The molecule has 0 saturated heterocycles. The first kappa shape index (κ1) is 16.7. The number of fused-ring (bicyclic) bond motifs is 1. The molecule has 0 aliphatic carbocycles. The van der Waals surface area contributed by atoms with Crippen molar-refractivity contribution in [2.45, 2.75) is 18.1 Å². The zero-order chi connectivity index (χ0) is 18.1. The van der Waals surface area contributed by atoms with E-state index in [1.807, 2.05) is 60.7 Å². The van der Waals surface area contributed by atoms with Crippen LogP contribution in [0.1, 0.15) is 28.4 Å². The highest BCUT2D eigenvalue weighted by Crippen LogP contribution is 2.49. The van der Waals surface area contributed by atoms with Crippen molar-refractivity contribution in [1.29, 1.82) is 0 Å². The van der Waals surface area contributed by atoms with E-state index >= 15 is 0 Å². The van der Waals surface area contributed by atoms with Crippen LogP contribution in [0.2, 0.25) is 0 Å². The van der Waals surface area contributed by atoms with Gasteiger partial charge >= 0.3 is 5.79 Å². The first-order chi connectivity index (χ1) is 12.6. The highest BCUT2D eigenvalue weighted by Gasteiger charge is 2.46. The van der Waals surface area contributed by atoms with Crippen LogP contribution in [0.3, 0.4) is 0 Å². The summed E-state index contributed by atoms with van der Waals surface area (Å²) in [7, 11) is 0. The molecule has 1 aliphatic rings. The number of ether oxygens (including phenoxy) is 2. The van der Waals surface area contributed by atoms with E-state index in [0.717, 1.165) is 11.1 Å². The predicted octanol–water partition coefficient (Wildman–Crippen LogP) is 5.17. The van der Waals surface area contributed by atoms with Crippen LogP contribution in [-0.2, 0) is 5.79 Å². The standard InChI is InChI=1S/C22H17ClO3/c1-15(23)20(24)18-13-8-14-19-21(18)26-22(25-19,16-9-4-2-5-10-16)17-11-6-3-7-12-17/h2-15H,1H3. The van der Waals surface area contributed by atoms with E-state index in [1.165, 1.54) is 0 Å². The van der Waals surface area contributed by atoms with Gasteiger partial charge in [0.15, 0.2) is 17.3 Å². The Morgan fingerprint density at radius 2 is 1.42 bits per heavy atom. The number of Topliss-reactive ketones (excluding diaryl/α,β-unsaturated/α-hetero) is 1. The van der Waals surface area contributed by atoms with Gasteiger partial charge in [-0.2, -0.15) is 0 Å². The van der Waals surface area contributed by atoms with Gasteiger partial charge in [0, 0.05) is 11.1 Å². The zero-order valence-corrected chi connectivity index (χ0v) is 14.9. The van der Waals surface area contributed by atoms with Crippen LogP contribution >= 0.6 is 11.6 Å². The maximum atomic E-state index is 12.5. The molecule has 0 N–H and O–H groups in total. The summed E-state index contributed by atoms with van der Waals surface area (Å²) in [5.41, 5.74) is 2.12. The monoisotopic (exact) mass is 364 g/mol. The molecule has 1 heterocycles. The third kappa shape index (κ3) is 2.65. The summed E-state index contributed by atoms with van der Waals surface area (Å²) in [4.78, 5) is 12.5. The lowest BCUT2D eigenvalue weighted by Gasteiger charge is -2.28. The van der Waals surface area contributed by atoms with Crippen molar-refractivity contribution in [2.24, 2.45) is 0 Å². The number of hydrogen-bond donors (Lipinski definition) is 0. The summed E-state index contributed by atoms with van der Waals surface area (Å²) in [5, 5.41) is -0.645. The van der Waals surface area contributed by atoms with E-state index in [1.54, 1.807) is 25.1 Å². The van der Waals surface area contributed by atoms with Gasteiger partial charge in [-0.3, -0.25) is 4.79 Å². The van der Waals surface area contributed by atoms with Gasteiger partial charge in [-0.05, 0) is 19.1 Å². The molecular weight excluding hydrogens is 348 g/mol. The number of alkyl halides is 1. The average Bonchev–Trinajstić information content (AvgIpc) is 3.09. The number of para-hydroxylation sites is 1. The second-order valence-corrected chi connectivity index (χ2v) is 6.82. The van der Waals surface area contributed by atoms with E-state index in [2.05, 4.69) is 0 Å². The van der Waals surface area contributed by atoms with Crippen molar-refractivity contribution in [3.8, 4) is 11.5 Å². The van der Waals surface area contributed by atoms with Gasteiger partial charge in [-0.25, -0.2) is 0 Å². The Kier molecular flexibility index (Phi) is 4.17. The van der Waals surface area contributed by atoms with E-state index < -0.39 is 11.2 Å². The second kappa shape index (κ2) is 6.50. The van der Waals surface area contributed by atoms with Crippen LogP contribution in [0.15, 0.2) is 78.9 Å². The van der Waals surface area contributed by atoms with Gasteiger partial charge in [-0.15, -0.1) is 11.6 Å². The lowest BCUT2D eigenvalue weighted by molar-refractivity contribution is -0.0460. The van der Waals surface area contributed by atoms with E-state index in [4.69, 9.17) is 21.1 Å². The molecule has 1 unspecified atom stereocenters. The Hall–Kier alpha value is -2.78. The Morgan fingerprint density at radius 1 is 0.846 bits per heavy atom. The summed E-state index contributed by atoms with van der Waals surface area (Å²) >= 11 is 6.02. The first-order valence-corrected chi connectivity index (χ1v) is 8.86. The number of ketones is 1. The molecule has 0 fully saturated rings. The lowest BCUT2D eigenvalue weighted by atomic mass is 9.97. The molecule has 1 atom stereocenters. The van der Waals surface area contributed by atoms with Gasteiger partial charge in [0.1, 0.15) is 0 Å². The van der Waals surface area contributed by atoms with Gasteiger partial charge < -0.3 is 9.47 Å². The maximum Gasteiger partial charge on any atom is 0.305 e. The summed E-state index contributed by atoms with van der Waals surface area (Å²) in [6.07, 6.45) is 0. The number of benzene rings is 3. The molecule has 3 aromatic rings. The van der Waals surface area contributed by atoms with Gasteiger partial charge in [-0.1, -0.05) is 66.7 Å². The third-order valence-electron chi connectivity index (χ3n) is 4.41. The topological polar surface area (TPSA) is 35.5 Å². The SMILES string of the molecule is CC(Cl)C(=O)c1cccc2c1OC(c1ccccc1)(c1ccccc1)O2. The van der Waals surface area contributed by atoms with Crippen LogP contribution in [0.5, 0.6) is 11.5 Å². The molecule has 26 heavy (non-hydrogen) atoms. The number of carbonyl (C=O) groups is 1. The molecular formula is C22H17ClO3. The van der Waals surface area contributed by atoms with E-state index in [9.17, 15) is 4.79 Å². The average molecular weight is 365 g/mol. The number of carbonyl (C=O) groups excluding carboxylic acids is 1. The molecule has 0 aromatic heterocycles. The minimum absolute atomic E-state index is 0.191. The Morgan fingerprint density at radius 3 is 1.96 bits per heavy atom. The summed E-state index contributed by atoms with van der Waals surface area (Å²) < 4.78 is 12.7. The quantitative estimate of drug-likeness (QED) is 0.473. The Labute approximate surface area is 157 Å². The van der Waals surface area contributed by atoms with Crippen LogP contribution in [0, 0.1) is 0 Å². The van der Waals surface area contributed by atoms with Gasteiger partial charge in [0.05, 0.1) is 10.9 Å². The Balaban J connectivity index is 1.88. The molecule has 4 heteroatoms. The molecule has 4 rings (SSSR count). The van der Waals surface area contributed by atoms with Crippen molar-refractivity contribution < 1.29 is 14.3 Å². The molecule has 0 radical (unpaired) electrons. The Bertz CT molecular complexity index is 897. The van der Waals surface area contributed by atoms with Crippen molar-refractivity contribution in [1.82, 2.24) is 0 Å². The van der Waals surface area contributed by atoms with Crippen LogP contribution in [0.4, 0.5) is 0 Å². The fraction of sp³-hybridized carbons (Fsp3) is 0.136. The molecule has 0 saturated carbocycles. The fourth-order valence-electron chi connectivity index (χ4n) is 3.15. The summed E-state index contributed by atoms with van der Waals surface area (Å²) in [5.74, 6) is -0.376. The smallest absolute Gasteiger partial charge is 0.305 e. The largest absolute Gasteiger partial charge is 0.440 e. The number of hydrogen-bond acceptors (Lipinski definition) is 3. The van der Waals surface area contributed by atoms with Gasteiger partial charge in [0.25, 0.3) is 0 Å². The highest BCUT2D eigenvalue weighted by molar-refractivity contribution is 6.34. The molecule has 0 amide bonds. The summed E-state index contributed by atoms with van der Waals surface area (Å²) in [6, 6.07) is 24.7. The first-order valence-electron chi connectivity index (χ1n) is 8.42. The molecule has 0 spiro atoms. The fourth-order valence-corrected chi connectivity index (χ4v) is 3.26. The van der Waals surface area contributed by atoms with Crippen LogP contribution in [-0.4, -0.2) is 11.2 Å². The predicted molar refractivity (Wildman–Crippen MR) is 101 cm³/mol. The minimum atomic E-state index is -1.14. The minimum Gasteiger partial charge on any atom is -0.440 e. The molecule has 130 valence electrons. The van der Waals surface area contributed by atoms with Crippen molar-refractivity contribution >= 4 is 17.4 Å². The van der Waals surface area contributed by atoms with E-state index in [0.29, 0.717) is 17.1 Å². The zero-order valence-electron chi connectivity index (χ0n) is 14.2. The highest BCUT2D eigenvalue weighted by atomic mass is 35.5. The van der Waals surface area contributed by atoms with Crippen LogP contribution < -0.4 is 9.47 Å². The molecule has 3 aromatic carbocycles. The van der Waals surface area contributed by atoms with Crippen LogP contribution in [0.25, 0.3) is 0 Å². The number of rotatable bonds is 4.